The van der Waals surface area contributed by atoms with Crippen molar-refractivity contribution in [2.45, 2.75) is 56.4 Å². The van der Waals surface area contributed by atoms with E-state index < -0.39 is 10.0 Å². The molecule has 0 radical (unpaired) electrons. The van der Waals surface area contributed by atoms with Gasteiger partial charge in [0.2, 0.25) is 15.9 Å². The fourth-order valence-corrected chi connectivity index (χ4v) is 5.26. The summed E-state index contributed by atoms with van der Waals surface area (Å²) < 4.78 is 26.9. The number of piperidine rings is 2. The first-order valence-corrected chi connectivity index (χ1v) is 11.0. The fraction of sp³-hybridized carbons (Fsp3) is 0.632. The molecule has 1 N–H and O–H groups in total. The molecule has 0 spiro atoms. The lowest BCUT2D eigenvalue weighted by Gasteiger charge is -2.32. The highest BCUT2D eigenvalue weighted by molar-refractivity contribution is 7.89. The summed E-state index contributed by atoms with van der Waals surface area (Å²) >= 11 is 0. The average Bonchev–Trinajstić information content (AvgIpc) is 2.65. The van der Waals surface area contributed by atoms with Gasteiger partial charge in [-0.25, -0.2) is 8.42 Å². The van der Waals surface area contributed by atoms with Crippen LogP contribution in [0.4, 0.5) is 5.69 Å². The third kappa shape index (κ3) is 4.64. The van der Waals surface area contributed by atoms with Crippen molar-refractivity contribution in [1.29, 1.82) is 0 Å². The summed E-state index contributed by atoms with van der Waals surface area (Å²) in [4.78, 5) is 14.8. The highest BCUT2D eigenvalue weighted by atomic mass is 32.2. The molecule has 0 bridgehead atoms. The van der Waals surface area contributed by atoms with Gasteiger partial charge in [-0.2, -0.15) is 4.31 Å². The Morgan fingerprint density at radius 1 is 1.04 bits per heavy atom. The molecule has 0 saturated carbocycles. The van der Waals surface area contributed by atoms with Gasteiger partial charge in [-0.15, -0.1) is 0 Å². The molecule has 1 aromatic carbocycles. The van der Waals surface area contributed by atoms with E-state index in [9.17, 15) is 13.2 Å². The molecule has 1 atom stereocenters. The number of benzene rings is 1. The topological polar surface area (TPSA) is 69.7 Å². The van der Waals surface area contributed by atoms with E-state index in [0.29, 0.717) is 36.3 Å². The summed E-state index contributed by atoms with van der Waals surface area (Å²) in [6.45, 7) is 4.69. The SMILES string of the molecule is C[C@@H]1CCCCN1CC(=O)Nc1ccc(S(=O)(=O)N2CCCCC2)cc1. The molecular formula is C19H29N3O3S. The molecule has 2 aliphatic heterocycles. The van der Waals surface area contributed by atoms with Crippen LogP contribution in [-0.2, 0) is 14.8 Å². The predicted octanol–water partition coefficient (Wildman–Crippen LogP) is 2.67. The number of likely N-dealkylation sites (tertiary alicyclic amines) is 1. The summed E-state index contributed by atoms with van der Waals surface area (Å²) in [6.07, 6.45) is 6.43. The zero-order chi connectivity index (χ0) is 18.6. The number of nitrogens with one attached hydrogen (secondary N) is 1. The van der Waals surface area contributed by atoms with Crippen LogP contribution in [0.5, 0.6) is 0 Å². The second-order valence-electron chi connectivity index (χ2n) is 7.35. The van der Waals surface area contributed by atoms with Gasteiger partial charge in [-0.1, -0.05) is 12.8 Å². The summed E-state index contributed by atoms with van der Waals surface area (Å²) in [7, 11) is -3.42. The zero-order valence-electron chi connectivity index (χ0n) is 15.5. The van der Waals surface area contributed by atoms with E-state index >= 15 is 0 Å². The van der Waals surface area contributed by atoms with Gasteiger partial charge >= 0.3 is 0 Å². The van der Waals surface area contributed by atoms with E-state index in [1.165, 1.54) is 6.42 Å². The molecule has 0 unspecified atom stereocenters. The number of hydrogen-bond acceptors (Lipinski definition) is 4. The number of amides is 1. The Bertz CT molecular complexity index is 712. The minimum atomic E-state index is -3.42. The summed E-state index contributed by atoms with van der Waals surface area (Å²) in [5.74, 6) is -0.0506. The van der Waals surface area contributed by atoms with Crippen molar-refractivity contribution >= 4 is 21.6 Å². The molecule has 26 heavy (non-hydrogen) atoms. The molecule has 6 nitrogen and oxygen atoms in total. The number of sulfonamides is 1. The van der Waals surface area contributed by atoms with Crippen LogP contribution in [0.2, 0.25) is 0 Å². The quantitative estimate of drug-likeness (QED) is 0.854. The molecule has 2 saturated heterocycles. The van der Waals surface area contributed by atoms with Gasteiger partial charge in [0.05, 0.1) is 11.4 Å². The molecule has 2 fully saturated rings. The first-order valence-electron chi connectivity index (χ1n) is 9.61. The molecule has 2 aliphatic rings. The van der Waals surface area contributed by atoms with E-state index in [2.05, 4.69) is 17.1 Å². The highest BCUT2D eigenvalue weighted by Crippen LogP contribution is 2.22. The molecule has 2 heterocycles. The van der Waals surface area contributed by atoms with Crippen molar-refractivity contribution in [2.75, 3.05) is 31.5 Å². The maximum Gasteiger partial charge on any atom is 0.243 e. The Labute approximate surface area is 156 Å². The normalized spacial score (nSPS) is 22.9. The van der Waals surface area contributed by atoms with E-state index in [1.807, 2.05) is 0 Å². The van der Waals surface area contributed by atoms with Crippen LogP contribution in [0, 0.1) is 0 Å². The van der Waals surface area contributed by atoms with Gasteiger partial charge in [0.15, 0.2) is 0 Å². The van der Waals surface area contributed by atoms with Crippen molar-refractivity contribution in [2.24, 2.45) is 0 Å². The van der Waals surface area contributed by atoms with Crippen molar-refractivity contribution in [3.63, 3.8) is 0 Å². The van der Waals surface area contributed by atoms with Gasteiger partial charge in [-0.3, -0.25) is 9.69 Å². The standard InChI is InChI=1S/C19H29N3O3S/c1-16-7-3-6-12-21(16)15-19(23)20-17-8-10-18(11-9-17)26(24,25)22-13-4-2-5-14-22/h8-11,16H,2-7,12-15H2,1H3,(H,20,23)/t16-/m1/s1. The minimum Gasteiger partial charge on any atom is -0.325 e. The van der Waals surface area contributed by atoms with E-state index in [-0.39, 0.29) is 5.91 Å². The predicted molar refractivity (Wildman–Crippen MR) is 103 cm³/mol. The number of carbonyl (C=O) groups excluding carboxylic acids is 1. The Balaban J connectivity index is 1.59. The van der Waals surface area contributed by atoms with Gasteiger partial charge in [0.1, 0.15) is 0 Å². The molecule has 1 aromatic rings. The maximum atomic E-state index is 12.7. The monoisotopic (exact) mass is 379 g/mol. The second kappa shape index (κ2) is 8.50. The van der Waals surface area contributed by atoms with Crippen molar-refractivity contribution in [3.8, 4) is 0 Å². The van der Waals surface area contributed by atoms with Crippen molar-refractivity contribution < 1.29 is 13.2 Å². The Morgan fingerprint density at radius 3 is 2.35 bits per heavy atom. The third-order valence-corrected chi connectivity index (χ3v) is 7.29. The molecule has 0 aromatic heterocycles. The van der Waals surface area contributed by atoms with Crippen molar-refractivity contribution in [1.82, 2.24) is 9.21 Å². The summed E-state index contributed by atoms with van der Waals surface area (Å²) in [5, 5.41) is 2.88. The van der Waals surface area contributed by atoms with E-state index in [1.54, 1.807) is 28.6 Å². The van der Waals surface area contributed by atoms with E-state index in [4.69, 9.17) is 0 Å². The highest BCUT2D eigenvalue weighted by Gasteiger charge is 2.26. The lowest BCUT2D eigenvalue weighted by atomic mass is 10.0. The average molecular weight is 380 g/mol. The smallest absolute Gasteiger partial charge is 0.243 e. The molecular weight excluding hydrogens is 350 g/mol. The lowest BCUT2D eigenvalue weighted by molar-refractivity contribution is -0.118. The van der Waals surface area contributed by atoms with Crippen LogP contribution >= 0.6 is 0 Å². The number of carbonyl (C=O) groups is 1. The summed E-state index contributed by atoms with van der Waals surface area (Å²) in [5.41, 5.74) is 0.636. The lowest BCUT2D eigenvalue weighted by Crippen LogP contribution is -2.42. The fourth-order valence-electron chi connectivity index (χ4n) is 3.74. The maximum absolute atomic E-state index is 12.7. The zero-order valence-corrected chi connectivity index (χ0v) is 16.3. The number of hydrogen-bond donors (Lipinski definition) is 1. The largest absolute Gasteiger partial charge is 0.325 e. The Morgan fingerprint density at radius 2 is 1.69 bits per heavy atom. The van der Waals surface area contributed by atoms with Gasteiger partial charge < -0.3 is 5.32 Å². The number of anilines is 1. The van der Waals surface area contributed by atoms with Crippen LogP contribution in [0.1, 0.15) is 45.4 Å². The first-order chi connectivity index (χ1) is 12.5. The minimum absolute atomic E-state index is 0.0506. The molecule has 7 heteroatoms. The Hall–Kier alpha value is -1.44. The van der Waals surface area contributed by atoms with Gasteiger partial charge in [0.25, 0.3) is 0 Å². The van der Waals surface area contributed by atoms with E-state index in [0.717, 1.165) is 38.6 Å². The third-order valence-electron chi connectivity index (χ3n) is 5.38. The molecule has 144 valence electrons. The van der Waals surface area contributed by atoms with Crippen LogP contribution < -0.4 is 5.32 Å². The summed E-state index contributed by atoms with van der Waals surface area (Å²) in [6, 6.07) is 6.96. The molecule has 0 aliphatic carbocycles. The Kier molecular flexibility index (Phi) is 6.32. The number of nitrogens with zero attached hydrogens (tertiary/aromatic N) is 2. The number of rotatable bonds is 5. The molecule has 1 amide bonds. The van der Waals surface area contributed by atoms with Gasteiger partial charge in [0, 0.05) is 24.8 Å². The van der Waals surface area contributed by atoms with Crippen LogP contribution in [0.25, 0.3) is 0 Å². The second-order valence-corrected chi connectivity index (χ2v) is 9.29. The van der Waals surface area contributed by atoms with Gasteiger partial charge in [-0.05, 0) is 63.4 Å². The molecule has 3 rings (SSSR count). The van der Waals surface area contributed by atoms with Crippen molar-refractivity contribution in [3.05, 3.63) is 24.3 Å². The van der Waals surface area contributed by atoms with Crippen LogP contribution in [-0.4, -0.2) is 55.8 Å². The van der Waals surface area contributed by atoms with Crippen LogP contribution in [0.3, 0.4) is 0 Å². The first kappa shape index (κ1) is 19.3. The van der Waals surface area contributed by atoms with Crippen LogP contribution in [0.15, 0.2) is 29.2 Å².